The lowest BCUT2D eigenvalue weighted by molar-refractivity contribution is 0.298. The average molecular weight is 286 g/mol. The Morgan fingerprint density at radius 1 is 1.22 bits per heavy atom. The third-order valence-corrected chi connectivity index (χ3v) is 2.85. The molecule has 1 aromatic heterocycles. The zero-order valence-corrected chi connectivity index (χ0v) is 10.9. The summed E-state index contributed by atoms with van der Waals surface area (Å²) in [6.07, 6.45) is 1.56. The summed E-state index contributed by atoms with van der Waals surface area (Å²) in [6.45, 7) is 0.130. The van der Waals surface area contributed by atoms with Gasteiger partial charge in [0.2, 0.25) is 0 Å². The van der Waals surface area contributed by atoms with Gasteiger partial charge in [-0.1, -0.05) is 17.7 Å². The maximum atomic E-state index is 13.5. The quantitative estimate of drug-likeness (QED) is 0.786. The highest BCUT2D eigenvalue weighted by molar-refractivity contribution is 6.30. The first kappa shape index (κ1) is 13.1. The number of benzene rings is 1. The molecule has 0 aliphatic heterocycles. The van der Waals surface area contributed by atoms with Crippen molar-refractivity contribution in [3.63, 3.8) is 0 Å². The first-order valence-electron chi connectivity index (χ1n) is 5.26. The first-order valence-corrected chi connectivity index (χ1v) is 6.18. The molecule has 0 saturated carbocycles. The van der Waals surface area contributed by atoms with Crippen LogP contribution in [0.15, 0.2) is 36.5 Å². The molecule has 0 amide bonds. The number of aromatic nitrogens is 1. The topological polar surface area (TPSA) is 22.1 Å². The van der Waals surface area contributed by atoms with Crippen molar-refractivity contribution in [3.8, 4) is 5.75 Å². The Bertz CT molecular complexity index is 531. The maximum Gasteiger partial charge on any atom is 0.138 e. The van der Waals surface area contributed by atoms with E-state index in [0.717, 1.165) is 5.69 Å². The minimum atomic E-state index is -0.382. The van der Waals surface area contributed by atoms with Crippen molar-refractivity contribution in [2.45, 2.75) is 12.5 Å². The minimum Gasteiger partial charge on any atom is -0.487 e. The predicted molar refractivity (Wildman–Crippen MR) is 69.5 cm³/mol. The maximum absolute atomic E-state index is 13.5. The molecule has 18 heavy (non-hydrogen) atoms. The van der Waals surface area contributed by atoms with Crippen molar-refractivity contribution in [2.24, 2.45) is 0 Å². The van der Waals surface area contributed by atoms with Crippen molar-refractivity contribution in [1.82, 2.24) is 4.98 Å². The van der Waals surface area contributed by atoms with Crippen LogP contribution in [0.25, 0.3) is 0 Å². The van der Waals surface area contributed by atoms with E-state index in [0.29, 0.717) is 22.2 Å². The summed E-state index contributed by atoms with van der Waals surface area (Å²) in [4.78, 5) is 4.07. The molecule has 2 rings (SSSR count). The van der Waals surface area contributed by atoms with Gasteiger partial charge in [-0.25, -0.2) is 4.39 Å². The molecule has 0 fully saturated rings. The number of hydrogen-bond donors (Lipinski definition) is 0. The molecule has 0 N–H and O–H groups in total. The van der Waals surface area contributed by atoms with Crippen LogP contribution in [0.3, 0.4) is 0 Å². The van der Waals surface area contributed by atoms with Crippen LogP contribution in [0.2, 0.25) is 5.02 Å². The van der Waals surface area contributed by atoms with Crippen LogP contribution < -0.4 is 4.74 Å². The summed E-state index contributed by atoms with van der Waals surface area (Å²) < 4.78 is 18.9. The van der Waals surface area contributed by atoms with E-state index in [2.05, 4.69) is 4.98 Å². The fourth-order valence-corrected chi connectivity index (χ4v) is 1.69. The lowest BCUT2D eigenvalue weighted by Crippen LogP contribution is -1.99. The molecule has 0 saturated heterocycles. The van der Waals surface area contributed by atoms with Crippen LogP contribution in [-0.4, -0.2) is 4.98 Å². The smallest absolute Gasteiger partial charge is 0.138 e. The Kier molecular flexibility index (Phi) is 4.39. The molecule has 0 bridgehead atoms. The van der Waals surface area contributed by atoms with Gasteiger partial charge in [-0.05, 0) is 24.3 Å². The Hall–Kier alpha value is -1.32. The standard InChI is InChI=1S/C13H10Cl2FNO/c14-6-11-3-4-12(7-17-11)18-8-9-1-2-10(15)5-13(9)16/h1-5,7H,6,8H2. The molecule has 1 heterocycles. The summed E-state index contributed by atoms with van der Waals surface area (Å²) in [5.74, 6) is 0.539. The van der Waals surface area contributed by atoms with Gasteiger partial charge in [-0.2, -0.15) is 0 Å². The number of pyridine rings is 1. The Morgan fingerprint density at radius 3 is 2.67 bits per heavy atom. The number of rotatable bonds is 4. The molecule has 1 aromatic carbocycles. The van der Waals surface area contributed by atoms with Gasteiger partial charge in [-0.3, -0.25) is 4.98 Å². The number of hydrogen-bond acceptors (Lipinski definition) is 2. The van der Waals surface area contributed by atoms with Crippen LogP contribution >= 0.6 is 23.2 Å². The molecule has 0 unspecified atom stereocenters. The van der Waals surface area contributed by atoms with Gasteiger partial charge in [0.05, 0.1) is 17.8 Å². The number of ether oxygens (including phenoxy) is 1. The average Bonchev–Trinajstić information content (AvgIpc) is 2.38. The highest BCUT2D eigenvalue weighted by atomic mass is 35.5. The Balaban J connectivity index is 2.02. The van der Waals surface area contributed by atoms with Gasteiger partial charge in [0.15, 0.2) is 0 Å². The molecule has 5 heteroatoms. The molecule has 2 nitrogen and oxygen atoms in total. The molecule has 0 atom stereocenters. The third kappa shape index (κ3) is 3.34. The molecule has 94 valence electrons. The molecule has 0 spiro atoms. The second-order valence-corrected chi connectivity index (χ2v) is 4.35. The van der Waals surface area contributed by atoms with Crippen molar-refractivity contribution in [2.75, 3.05) is 0 Å². The molecular weight excluding hydrogens is 276 g/mol. The zero-order valence-electron chi connectivity index (χ0n) is 9.37. The van der Waals surface area contributed by atoms with E-state index in [1.165, 1.54) is 6.07 Å². The largest absolute Gasteiger partial charge is 0.487 e. The summed E-state index contributed by atoms with van der Waals surface area (Å²) in [5.41, 5.74) is 1.21. The summed E-state index contributed by atoms with van der Waals surface area (Å²) in [5, 5.41) is 0.365. The summed E-state index contributed by atoms with van der Waals surface area (Å²) >= 11 is 11.3. The minimum absolute atomic E-state index is 0.130. The Labute approximate surface area is 114 Å². The van der Waals surface area contributed by atoms with Crippen LogP contribution in [-0.2, 0) is 12.5 Å². The molecule has 2 aromatic rings. The van der Waals surface area contributed by atoms with Crippen LogP contribution in [0.5, 0.6) is 5.75 Å². The Morgan fingerprint density at radius 2 is 2.06 bits per heavy atom. The van der Waals surface area contributed by atoms with Gasteiger partial charge in [0.25, 0.3) is 0 Å². The molecular formula is C13H10Cl2FNO. The molecule has 0 aliphatic carbocycles. The monoisotopic (exact) mass is 285 g/mol. The second kappa shape index (κ2) is 6.03. The van der Waals surface area contributed by atoms with E-state index in [-0.39, 0.29) is 12.4 Å². The zero-order chi connectivity index (χ0) is 13.0. The number of alkyl halides is 1. The first-order chi connectivity index (χ1) is 8.69. The van der Waals surface area contributed by atoms with Crippen molar-refractivity contribution in [1.29, 1.82) is 0 Å². The highest BCUT2D eigenvalue weighted by Crippen LogP contribution is 2.17. The molecule has 0 radical (unpaired) electrons. The number of nitrogens with zero attached hydrogens (tertiary/aromatic N) is 1. The second-order valence-electron chi connectivity index (χ2n) is 3.64. The summed E-state index contributed by atoms with van der Waals surface area (Å²) in [6, 6.07) is 7.99. The van der Waals surface area contributed by atoms with E-state index in [1.54, 1.807) is 30.5 Å². The fraction of sp³-hybridized carbons (Fsp3) is 0.154. The van der Waals surface area contributed by atoms with Crippen molar-refractivity contribution in [3.05, 3.63) is 58.6 Å². The number of halogens is 3. The van der Waals surface area contributed by atoms with Crippen molar-refractivity contribution < 1.29 is 9.13 Å². The van der Waals surface area contributed by atoms with Gasteiger partial charge in [0, 0.05) is 10.6 Å². The SMILES string of the molecule is Fc1cc(Cl)ccc1COc1ccc(CCl)nc1. The molecule has 0 aliphatic rings. The van der Waals surface area contributed by atoms with Crippen LogP contribution in [0, 0.1) is 5.82 Å². The summed E-state index contributed by atoms with van der Waals surface area (Å²) in [7, 11) is 0. The van der Waals surface area contributed by atoms with Gasteiger partial charge >= 0.3 is 0 Å². The van der Waals surface area contributed by atoms with Gasteiger partial charge in [-0.15, -0.1) is 11.6 Å². The highest BCUT2D eigenvalue weighted by Gasteiger charge is 2.04. The van der Waals surface area contributed by atoms with Crippen LogP contribution in [0.1, 0.15) is 11.3 Å². The fourth-order valence-electron chi connectivity index (χ4n) is 1.38. The predicted octanol–water partition coefficient (Wildman–Crippen LogP) is 4.19. The normalized spacial score (nSPS) is 10.4. The van der Waals surface area contributed by atoms with Crippen LogP contribution in [0.4, 0.5) is 4.39 Å². The van der Waals surface area contributed by atoms with E-state index < -0.39 is 0 Å². The lowest BCUT2D eigenvalue weighted by Gasteiger charge is -2.07. The van der Waals surface area contributed by atoms with Gasteiger partial charge < -0.3 is 4.74 Å². The lowest BCUT2D eigenvalue weighted by atomic mass is 10.2. The van der Waals surface area contributed by atoms with E-state index >= 15 is 0 Å². The van der Waals surface area contributed by atoms with Gasteiger partial charge in [0.1, 0.15) is 18.2 Å². The van der Waals surface area contributed by atoms with Crippen molar-refractivity contribution >= 4 is 23.2 Å². The van der Waals surface area contributed by atoms with E-state index in [4.69, 9.17) is 27.9 Å². The third-order valence-electron chi connectivity index (χ3n) is 2.34. The van der Waals surface area contributed by atoms with E-state index in [9.17, 15) is 4.39 Å². The van der Waals surface area contributed by atoms with E-state index in [1.807, 2.05) is 0 Å².